The minimum absolute atomic E-state index is 0.0437. The van der Waals surface area contributed by atoms with Gasteiger partial charge in [0.05, 0.1) is 0 Å². The third-order valence-corrected chi connectivity index (χ3v) is 4.46. The van der Waals surface area contributed by atoms with Gasteiger partial charge in [0.2, 0.25) is 0 Å². The van der Waals surface area contributed by atoms with Crippen LogP contribution in [0.2, 0.25) is 0 Å². The molecule has 0 aromatic carbocycles. The minimum atomic E-state index is 0.0437. The van der Waals surface area contributed by atoms with Crippen LogP contribution in [0.1, 0.15) is 38.1 Å². The van der Waals surface area contributed by atoms with Gasteiger partial charge in [0, 0.05) is 11.6 Å². The van der Waals surface area contributed by atoms with Crippen molar-refractivity contribution >= 4 is 5.65 Å². The molecule has 2 aromatic rings. The van der Waals surface area contributed by atoms with E-state index in [1.165, 1.54) is 18.4 Å². The predicted molar refractivity (Wildman–Crippen MR) is 76.3 cm³/mol. The van der Waals surface area contributed by atoms with Crippen LogP contribution in [-0.2, 0) is 5.41 Å². The summed E-state index contributed by atoms with van der Waals surface area (Å²) in [4.78, 5) is 0. The molecule has 0 bridgehead atoms. The molecule has 1 N–H and O–H groups in total. The predicted octanol–water partition coefficient (Wildman–Crippen LogP) is 2.31. The number of nitrogens with one attached hydrogen (secondary N) is 1. The van der Waals surface area contributed by atoms with Gasteiger partial charge in [0.1, 0.15) is 5.82 Å². The highest BCUT2D eigenvalue weighted by atomic mass is 15.3. The fourth-order valence-corrected chi connectivity index (χ4v) is 3.08. The van der Waals surface area contributed by atoms with Crippen LogP contribution in [0.15, 0.2) is 18.3 Å². The Morgan fingerprint density at radius 3 is 2.95 bits per heavy atom. The zero-order valence-corrected chi connectivity index (χ0v) is 12.0. The Labute approximate surface area is 114 Å². The molecule has 102 valence electrons. The Hall–Kier alpha value is -1.42. The van der Waals surface area contributed by atoms with Gasteiger partial charge in [-0.15, -0.1) is 10.2 Å². The summed E-state index contributed by atoms with van der Waals surface area (Å²) in [6, 6.07) is 4.21. The lowest BCUT2D eigenvalue weighted by molar-refractivity contribution is 0.240. The zero-order valence-electron chi connectivity index (χ0n) is 12.0. The third kappa shape index (κ3) is 2.14. The molecular weight excluding hydrogens is 236 g/mol. The van der Waals surface area contributed by atoms with Crippen molar-refractivity contribution in [1.29, 1.82) is 0 Å². The number of hydrogen-bond donors (Lipinski definition) is 1. The van der Waals surface area contributed by atoms with Gasteiger partial charge >= 0.3 is 0 Å². The molecule has 0 amide bonds. The molecule has 1 saturated heterocycles. The lowest BCUT2D eigenvalue weighted by Crippen LogP contribution is -2.41. The van der Waals surface area contributed by atoms with Crippen molar-refractivity contribution in [2.24, 2.45) is 5.92 Å². The summed E-state index contributed by atoms with van der Waals surface area (Å²) in [5.41, 5.74) is 2.22. The summed E-state index contributed by atoms with van der Waals surface area (Å²) in [6.45, 7) is 8.90. The topological polar surface area (TPSA) is 42.2 Å². The fraction of sp³-hybridized carbons (Fsp3) is 0.600. The van der Waals surface area contributed by atoms with Gasteiger partial charge in [-0.3, -0.25) is 4.40 Å². The second-order valence-corrected chi connectivity index (χ2v) is 6.22. The smallest absolute Gasteiger partial charge is 0.161 e. The van der Waals surface area contributed by atoms with Gasteiger partial charge in [-0.25, -0.2) is 0 Å². The zero-order chi connectivity index (χ0) is 13.5. The molecule has 19 heavy (non-hydrogen) atoms. The highest BCUT2D eigenvalue weighted by molar-refractivity contribution is 5.41. The Bertz CT molecular complexity index is 579. The van der Waals surface area contributed by atoms with Crippen LogP contribution in [0, 0.1) is 12.8 Å². The van der Waals surface area contributed by atoms with E-state index >= 15 is 0 Å². The standard InChI is InChI=1S/C15H22N4/c1-11-6-8-19-13(9-11)17-18-14(19)15(2,3)12-5-4-7-16-10-12/h6,8-9,12,16H,4-5,7,10H2,1-3H3. The number of nitrogens with zero attached hydrogens (tertiary/aromatic N) is 3. The molecule has 0 aliphatic carbocycles. The van der Waals surface area contributed by atoms with Crippen LogP contribution >= 0.6 is 0 Å². The molecule has 3 heterocycles. The second-order valence-electron chi connectivity index (χ2n) is 6.22. The second kappa shape index (κ2) is 4.60. The first-order valence-electron chi connectivity index (χ1n) is 7.11. The molecular formula is C15H22N4. The molecule has 4 heteroatoms. The van der Waals surface area contributed by atoms with E-state index < -0.39 is 0 Å². The van der Waals surface area contributed by atoms with E-state index in [0.29, 0.717) is 5.92 Å². The SMILES string of the molecule is Cc1ccn2c(C(C)(C)C3CCCNC3)nnc2c1. The Balaban J connectivity index is 2.02. The summed E-state index contributed by atoms with van der Waals surface area (Å²) in [5, 5.41) is 12.3. The average Bonchev–Trinajstić information content (AvgIpc) is 2.83. The van der Waals surface area contributed by atoms with Gasteiger partial charge in [-0.2, -0.15) is 0 Å². The van der Waals surface area contributed by atoms with E-state index in [2.05, 4.69) is 59.0 Å². The molecule has 3 rings (SSSR count). The number of aromatic nitrogens is 3. The van der Waals surface area contributed by atoms with Gasteiger partial charge in [-0.1, -0.05) is 13.8 Å². The molecule has 1 unspecified atom stereocenters. The molecule has 4 nitrogen and oxygen atoms in total. The van der Waals surface area contributed by atoms with Gasteiger partial charge < -0.3 is 5.32 Å². The Morgan fingerprint density at radius 1 is 1.37 bits per heavy atom. The van der Waals surface area contributed by atoms with E-state index in [1.54, 1.807) is 0 Å². The first-order chi connectivity index (χ1) is 9.09. The van der Waals surface area contributed by atoms with Crippen molar-refractivity contribution in [1.82, 2.24) is 19.9 Å². The summed E-state index contributed by atoms with van der Waals surface area (Å²) in [7, 11) is 0. The van der Waals surface area contributed by atoms with Crippen molar-refractivity contribution in [3.63, 3.8) is 0 Å². The number of hydrogen-bond acceptors (Lipinski definition) is 3. The van der Waals surface area contributed by atoms with Crippen molar-refractivity contribution in [3.05, 3.63) is 29.7 Å². The van der Waals surface area contributed by atoms with Crippen molar-refractivity contribution < 1.29 is 0 Å². The molecule has 1 aliphatic heterocycles. The van der Waals surface area contributed by atoms with E-state index in [1.807, 2.05) is 0 Å². The van der Waals surface area contributed by atoms with Gasteiger partial charge in [-0.05, 0) is 56.5 Å². The maximum Gasteiger partial charge on any atom is 0.161 e. The summed E-state index contributed by atoms with van der Waals surface area (Å²) >= 11 is 0. The van der Waals surface area contributed by atoms with E-state index in [-0.39, 0.29) is 5.41 Å². The van der Waals surface area contributed by atoms with E-state index in [4.69, 9.17) is 0 Å². The van der Waals surface area contributed by atoms with Crippen LogP contribution in [0.4, 0.5) is 0 Å². The van der Waals surface area contributed by atoms with Crippen LogP contribution in [0.25, 0.3) is 5.65 Å². The molecule has 0 radical (unpaired) electrons. The maximum absolute atomic E-state index is 4.47. The van der Waals surface area contributed by atoms with Gasteiger partial charge in [0.25, 0.3) is 0 Å². The molecule has 2 aromatic heterocycles. The van der Waals surface area contributed by atoms with Crippen molar-refractivity contribution in [3.8, 4) is 0 Å². The molecule has 1 aliphatic rings. The molecule has 1 atom stereocenters. The summed E-state index contributed by atoms with van der Waals surface area (Å²) in [5.74, 6) is 1.70. The maximum atomic E-state index is 4.47. The van der Waals surface area contributed by atoms with E-state index in [9.17, 15) is 0 Å². The minimum Gasteiger partial charge on any atom is -0.316 e. The van der Waals surface area contributed by atoms with Crippen molar-refractivity contribution in [2.75, 3.05) is 13.1 Å². The average molecular weight is 258 g/mol. The quantitative estimate of drug-likeness (QED) is 0.899. The van der Waals surface area contributed by atoms with Crippen LogP contribution < -0.4 is 5.32 Å². The number of pyridine rings is 1. The third-order valence-electron chi connectivity index (χ3n) is 4.46. The number of aryl methyl sites for hydroxylation is 1. The fourth-order valence-electron chi connectivity index (χ4n) is 3.08. The summed E-state index contributed by atoms with van der Waals surface area (Å²) < 4.78 is 2.14. The molecule has 0 spiro atoms. The van der Waals surface area contributed by atoms with Crippen molar-refractivity contribution in [2.45, 2.75) is 39.0 Å². The lowest BCUT2D eigenvalue weighted by Gasteiger charge is -2.35. The largest absolute Gasteiger partial charge is 0.316 e. The first kappa shape index (κ1) is 12.6. The monoisotopic (exact) mass is 258 g/mol. The number of piperidine rings is 1. The van der Waals surface area contributed by atoms with Crippen LogP contribution in [-0.4, -0.2) is 27.7 Å². The number of fused-ring (bicyclic) bond motifs is 1. The van der Waals surface area contributed by atoms with Crippen LogP contribution in [0.5, 0.6) is 0 Å². The van der Waals surface area contributed by atoms with Gasteiger partial charge in [0.15, 0.2) is 5.65 Å². The normalized spacial score (nSPS) is 20.9. The number of rotatable bonds is 2. The Kier molecular flexibility index (Phi) is 3.05. The summed E-state index contributed by atoms with van der Waals surface area (Å²) in [6.07, 6.45) is 4.61. The highest BCUT2D eigenvalue weighted by Gasteiger charge is 2.36. The lowest BCUT2D eigenvalue weighted by atomic mass is 9.74. The van der Waals surface area contributed by atoms with Crippen LogP contribution in [0.3, 0.4) is 0 Å². The first-order valence-corrected chi connectivity index (χ1v) is 7.11. The van der Waals surface area contributed by atoms with E-state index in [0.717, 1.165) is 24.6 Å². The molecule has 0 saturated carbocycles. The molecule has 1 fully saturated rings. The Morgan fingerprint density at radius 2 is 2.21 bits per heavy atom. The highest BCUT2D eigenvalue weighted by Crippen LogP contribution is 2.34.